The summed E-state index contributed by atoms with van der Waals surface area (Å²) in [6.45, 7) is 6.85. The Morgan fingerprint density at radius 1 is 1.64 bits per heavy atom. The molecule has 0 aromatic heterocycles. The summed E-state index contributed by atoms with van der Waals surface area (Å²) in [6, 6.07) is 0. The molecule has 0 bridgehead atoms. The third-order valence-corrected chi connectivity index (χ3v) is 3.18. The van der Waals surface area contributed by atoms with Crippen molar-refractivity contribution in [2.75, 3.05) is 19.0 Å². The first-order chi connectivity index (χ1) is 5.18. The smallest absolute Gasteiger partial charge is 0.0462 e. The van der Waals surface area contributed by atoms with E-state index in [1.807, 2.05) is 6.08 Å². The summed E-state index contributed by atoms with van der Waals surface area (Å²) >= 11 is 3.47. The van der Waals surface area contributed by atoms with Crippen LogP contribution in [-0.2, 0) is 4.74 Å². The van der Waals surface area contributed by atoms with Crippen molar-refractivity contribution in [3.63, 3.8) is 0 Å². The van der Waals surface area contributed by atoms with Gasteiger partial charge in [0.25, 0.3) is 0 Å². The van der Waals surface area contributed by atoms with E-state index in [1.54, 1.807) is 7.11 Å². The summed E-state index contributed by atoms with van der Waals surface area (Å²) < 4.78 is 4.98. The zero-order chi connectivity index (χ0) is 8.74. The second-order valence-corrected chi connectivity index (χ2v) is 3.65. The first-order valence-electron chi connectivity index (χ1n) is 3.87. The Morgan fingerprint density at radius 3 is 2.64 bits per heavy atom. The van der Waals surface area contributed by atoms with Gasteiger partial charge in [-0.25, -0.2) is 0 Å². The zero-order valence-electron chi connectivity index (χ0n) is 7.40. The monoisotopic (exact) mass is 220 g/mol. The molecule has 0 aliphatic rings. The van der Waals surface area contributed by atoms with Crippen LogP contribution in [0.25, 0.3) is 0 Å². The number of allylic oxidation sites excluding steroid dienone is 1. The van der Waals surface area contributed by atoms with Crippen molar-refractivity contribution >= 4 is 15.9 Å². The molecule has 0 N–H and O–H groups in total. The van der Waals surface area contributed by atoms with Crippen molar-refractivity contribution < 1.29 is 4.74 Å². The highest BCUT2D eigenvalue weighted by atomic mass is 79.9. The van der Waals surface area contributed by atoms with Crippen LogP contribution in [0.5, 0.6) is 0 Å². The third-order valence-electron chi connectivity index (χ3n) is 1.89. The van der Waals surface area contributed by atoms with Crippen LogP contribution >= 0.6 is 15.9 Å². The highest BCUT2D eigenvalue weighted by molar-refractivity contribution is 9.09. The van der Waals surface area contributed by atoms with Crippen LogP contribution in [0, 0.1) is 5.41 Å². The van der Waals surface area contributed by atoms with Crippen molar-refractivity contribution in [3.05, 3.63) is 12.7 Å². The molecule has 0 aliphatic carbocycles. The molecule has 0 aliphatic heterocycles. The summed E-state index contributed by atoms with van der Waals surface area (Å²) in [6.07, 6.45) is 4.25. The fraction of sp³-hybridized carbons (Fsp3) is 0.778. The number of rotatable bonds is 6. The van der Waals surface area contributed by atoms with Gasteiger partial charge in [-0.1, -0.05) is 28.9 Å². The van der Waals surface area contributed by atoms with Gasteiger partial charge >= 0.3 is 0 Å². The van der Waals surface area contributed by atoms with Crippen LogP contribution in [0.1, 0.15) is 19.8 Å². The molecule has 66 valence electrons. The molecule has 1 unspecified atom stereocenters. The summed E-state index contributed by atoms with van der Waals surface area (Å²) in [5, 5.41) is 0.979. The van der Waals surface area contributed by atoms with Crippen LogP contribution in [-0.4, -0.2) is 19.0 Å². The Balaban J connectivity index is 3.60. The fourth-order valence-corrected chi connectivity index (χ4v) is 1.35. The van der Waals surface area contributed by atoms with Gasteiger partial charge in [-0.2, -0.15) is 0 Å². The van der Waals surface area contributed by atoms with E-state index in [0.29, 0.717) is 0 Å². The Hall–Kier alpha value is 0.180. The predicted octanol–water partition coefficient (Wildman–Crippen LogP) is 3.00. The maximum absolute atomic E-state index is 4.98. The topological polar surface area (TPSA) is 9.23 Å². The molecule has 0 saturated heterocycles. The zero-order valence-corrected chi connectivity index (χ0v) is 8.99. The molecular formula is C9H17BrO. The van der Waals surface area contributed by atoms with Crippen LogP contribution in [0.3, 0.4) is 0 Å². The quantitative estimate of drug-likeness (QED) is 0.380. The fourth-order valence-electron chi connectivity index (χ4n) is 0.844. The molecule has 0 aromatic carbocycles. The van der Waals surface area contributed by atoms with Crippen LogP contribution in [0.15, 0.2) is 12.7 Å². The van der Waals surface area contributed by atoms with Gasteiger partial charge in [-0.3, -0.25) is 0 Å². The highest BCUT2D eigenvalue weighted by Crippen LogP contribution is 2.26. The van der Waals surface area contributed by atoms with Crippen molar-refractivity contribution in [2.45, 2.75) is 19.8 Å². The Morgan fingerprint density at radius 2 is 2.27 bits per heavy atom. The van der Waals surface area contributed by atoms with Crippen LogP contribution in [0.2, 0.25) is 0 Å². The number of hydrogen-bond acceptors (Lipinski definition) is 1. The van der Waals surface area contributed by atoms with E-state index in [1.165, 1.54) is 0 Å². The van der Waals surface area contributed by atoms with Crippen molar-refractivity contribution in [1.82, 2.24) is 0 Å². The molecule has 0 radical (unpaired) electrons. The molecular weight excluding hydrogens is 204 g/mol. The third kappa shape index (κ3) is 4.59. The van der Waals surface area contributed by atoms with E-state index in [0.717, 1.165) is 24.8 Å². The van der Waals surface area contributed by atoms with E-state index in [-0.39, 0.29) is 5.41 Å². The largest absolute Gasteiger partial charge is 0.385 e. The number of ether oxygens (including phenoxy) is 1. The van der Waals surface area contributed by atoms with E-state index < -0.39 is 0 Å². The molecule has 0 amide bonds. The minimum atomic E-state index is 0.235. The first-order valence-corrected chi connectivity index (χ1v) is 4.99. The lowest BCUT2D eigenvalue weighted by molar-refractivity contribution is 0.183. The van der Waals surface area contributed by atoms with Crippen molar-refractivity contribution in [3.8, 4) is 0 Å². The lowest BCUT2D eigenvalue weighted by Gasteiger charge is -2.22. The van der Waals surface area contributed by atoms with Gasteiger partial charge in [0.05, 0.1) is 0 Å². The van der Waals surface area contributed by atoms with Crippen molar-refractivity contribution in [2.24, 2.45) is 5.41 Å². The second kappa shape index (κ2) is 5.78. The van der Waals surface area contributed by atoms with Crippen LogP contribution < -0.4 is 0 Å². The molecule has 0 fully saturated rings. The lowest BCUT2D eigenvalue weighted by Crippen LogP contribution is -2.15. The SMILES string of the molecule is C=CC(C)(CBr)CCCOC. The van der Waals surface area contributed by atoms with Gasteiger partial charge in [0, 0.05) is 19.0 Å². The maximum Gasteiger partial charge on any atom is 0.0462 e. The van der Waals surface area contributed by atoms with Crippen LogP contribution in [0.4, 0.5) is 0 Å². The number of hydrogen-bond donors (Lipinski definition) is 0. The van der Waals surface area contributed by atoms with E-state index in [4.69, 9.17) is 4.74 Å². The summed E-state index contributed by atoms with van der Waals surface area (Å²) in [5.74, 6) is 0. The first kappa shape index (κ1) is 11.2. The summed E-state index contributed by atoms with van der Waals surface area (Å²) in [4.78, 5) is 0. The maximum atomic E-state index is 4.98. The van der Waals surface area contributed by atoms with E-state index >= 15 is 0 Å². The molecule has 0 aromatic rings. The summed E-state index contributed by atoms with van der Waals surface area (Å²) in [7, 11) is 1.74. The molecule has 0 spiro atoms. The molecule has 0 saturated carbocycles. The minimum absolute atomic E-state index is 0.235. The molecule has 2 heteroatoms. The summed E-state index contributed by atoms with van der Waals surface area (Å²) in [5.41, 5.74) is 0.235. The molecule has 1 nitrogen and oxygen atoms in total. The number of methoxy groups -OCH3 is 1. The highest BCUT2D eigenvalue weighted by Gasteiger charge is 2.17. The van der Waals surface area contributed by atoms with E-state index in [9.17, 15) is 0 Å². The van der Waals surface area contributed by atoms with E-state index in [2.05, 4.69) is 29.4 Å². The molecule has 0 rings (SSSR count). The number of halogens is 1. The van der Waals surface area contributed by atoms with Gasteiger partial charge in [-0.15, -0.1) is 6.58 Å². The normalized spacial score (nSPS) is 15.9. The average molecular weight is 221 g/mol. The minimum Gasteiger partial charge on any atom is -0.385 e. The lowest BCUT2D eigenvalue weighted by atomic mass is 9.88. The van der Waals surface area contributed by atoms with Gasteiger partial charge in [-0.05, 0) is 18.3 Å². The van der Waals surface area contributed by atoms with Gasteiger partial charge in [0.2, 0.25) is 0 Å². The predicted molar refractivity (Wildman–Crippen MR) is 53.2 cm³/mol. The number of alkyl halides is 1. The van der Waals surface area contributed by atoms with Gasteiger partial charge in [0.1, 0.15) is 0 Å². The van der Waals surface area contributed by atoms with Gasteiger partial charge in [0.15, 0.2) is 0 Å². The Labute approximate surface area is 78.0 Å². The molecule has 1 atom stereocenters. The van der Waals surface area contributed by atoms with Gasteiger partial charge < -0.3 is 4.74 Å². The Kier molecular flexibility index (Phi) is 5.88. The standard InChI is InChI=1S/C9H17BrO/c1-4-9(2,8-10)6-5-7-11-3/h4H,1,5-8H2,2-3H3. The Bertz CT molecular complexity index is 114. The van der Waals surface area contributed by atoms with Crippen molar-refractivity contribution in [1.29, 1.82) is 0 Å². The second-order valence-electron chi connectivity index (χ2n) is 3.09. The molecule has 11 heavy (non-hydrogen) atoms. The molecule has 0 heterocycles. The average Bonchev–Trinajstić information content (AvgIpc) is 2.05.